The molecule has 36 heavy (non-hydrogen) atoms. The number of hydrogen-bond donors (Lipinski definition) is 3. The molecule has 2 aromatic carbocycles. The van der Waals surface area contributed by atoms with Crippen molar-refractivity contribution in [2.75, 3.05) is 5.32 Å². The molecule has 1 amide bonds. The zero-order valence-corrected chi connectivity index (χ0v) is 21.4. The number of fused-ring (bicyclic) bond motifs is 2. The molecule has 6 aromatic rings. The standard InChI is InChI=1S/C27H20IN7O/c1-2-24(36)31-19-9-17(11-29-12-19)15-6-7-22-20(10-15)26(35-34-22)27-32-23-14-30-13-21(25(23)33-27)16-4-3-5-18(28)8-16/h3-14H,2H2,1H3,(H,31,36)(H,32,33)(H,34,35). The third-order valence-corrected chi connectivity index (χ3v) is 6.66. The number of imidazole rings is 1. The highest BCUT2D eigenvalue weighted by atomic mass is 127. The molecule has 0 aliphatic heterocycles. The van der Waals surface area contributed by atoms with Gasteiger partial charge in [0.25, 0.3) is 0 Å². The van der Waals surface area contributed by atoms with E-state index in [0.717, 1.165) is 53.5 Å². The van der Waals surface area contributed by atoms with Gasteiger partial charge in [0.1, 0.15) is 5.69 Å². The fraction of sp³-hybridized carbons (Fsp3) is 0.0741. The number of H-pyrrole nitrogens is 2. The number of halogens is 1. The molecule has 0 aliphatic carbocycles. The number of rotatable bonds is 5. The lowest BCUT2D eigenvalue weighted by atomic mass is 10.0. The topological polar surface area (TPSA) is 112 Å². The van der Waals surface area contributed by atoms with Crippen LogP contribution in [0.25, 0.3) is 55.7 Å². The van der Waals surface area contributed by atoms with Crippen molar-refractivity contribution in [1.29, 1.82) is 0 Å². The summed E-state index contributed by atoms with van der Waals surface area (Å²) in [7, 11) is 0. The minimum absolute atomic E-state index is 0.0505. The quantitative estimate of drug-likeness (QED) is 0.209. The summed E-state index contributed by atoms with van der Waals surface area (Å²) < 4.78 is 1.15. The first-order chi connectivity index (χ1) is 17.6. The third-order valence-electron chi connectivity index (χ3n) is 5.99. The van der Waals surface area contributed by atoms with E-state index in [9.17, 15) is 4.79 Å². The lowest BCUT2D eigenvalue weighted by Gasteiger charge is -2.06. The number of aromatic amines is 2. The Labute approximate surface area is 219 Å². The molecule has 9 heteroatoms. The highest BCUT2D eigenvalue weighted by Crippen LogP contribution is 2.33. The molecule has 0 spiro atoms. The van der Waals surface area contributed by atoms with Crippen molar-refractivity contribution in [2.45, 2.75) is 13.3 Å². The van der Waals surface area contributed by atoms with Crippen molar-refractivity contribution in [3.63, 3.8) is 0 Å². The lowest BCUT2D eigenvalue weighted by Crippen LogP contribution is -2.09. The number of carbonyl (C=O) groups excluding carboxylic acids is 1. The second-order valence-corrected chi connectivity index (χ2v) is 9.62. The van der Waals surface area contributed by atoms with Gasteiger partial charge in [-0.1, -0.05) is 25.1 Å². The Morgan fingerprint density at radius 1 is 0.944 bits per heavy atom. The second-order valence-electron chi connectivity index (χ2n) is 8.38. The first-order valence-electron chi connectivity index (χ1n) is 11.4. The molecule has 0 fully saturated rings. The third kappa shape index (κ3) is 4.11. The van der Waals surface area contributed by atoms with E-state index in [1.54, 1.807) is 18.6 Å². The van der Waals surface area contributed by atoms with E-state index in [1.165, 1.54) is 0 Å². The number of anilines is 1. The Morgan fingerprint density at radius 3 is 2.69 bits per heavy atom. The molecular formula is C27H20IN7O. The number of nitrogens with one attached hydrogen (secondary N) is 3. The fourth-order valence-corrected chi connectivity index (χ4v) is 4.75. The van der Waals surface area contributed by atoms with E-state index in [-0.39, 0.29) is 5.91 Å². The summed E-state index contributed by atoms with van der Waals surface area (Å²) in [4.78, 5) is 28.9. The highest BCUT2D eigenvalue weighted by molar-refractivity contribution is 14.1. The first kappa shape index (κ1) is 22.4. The summed E-state index contributed by atoms with van der Waals surface area (Å²) in [5, 5.41) is 11.5. The summed E-state index contributed by atoms with van der Waals surface area (Å²) in [6.07, 6.45) is 7.46. The molecule has 0 saturated heterocycles. The van der Waals surface area contributed by atoms with Crippen LogP contribution in [0.3, 0.4) is 0 Å². The van der Waals surface area contributed by atoms with Crippen molar-refractivity contribution < 1.29 is 4.79 Å². The van der Waals surface area contributed by atoms with E-state index < -0.39 is 0 Å². The Balaban J connectivity index is 1.43. The van der Waals surface area contributed by atoms with E-state index in [4.69, 9.17) is 4.98 Å². The molecule has 4 heterocycles. The van der Waals surface area contributed by atoms with Crippen LogP contribution in [0.2, 0.25) is 0 Å². The number of amides is 1. The van der Waals surface area contributed by atoms with Crippen molar-refractivity contribution >= 4 is 56.1 Å². The maximum absolute atomic E-state index is 11.8. The van der Waals surface area contributed by atoms with Crippen LogP contribution in [0.5, 0.6) is 0 Å². The van der Waals surface area contributed by atoms with Crippen LogP contribution in [0.4, 0.5) is 5.69 Å². The van der Waals surface area contributed by atoms with Crippen LogP contribution < -0.4 is 5.32 Å². The normalized spacial score (nSPS) is 11.3. The number of aromatic nitrogens is 6. The van der Waals surface area contributed by atoms with Crippen LogP contribution in [-0.4, -0.2) is 36.0 Å². The van der Waals surface area contributed by atoms with E-state index >= 15 is 0 Å². The van der Waals surface area contributed by atoms with Crippen LogP contribution >= 0.6 is 22.6 Å². The molecule has 0 unspecified atom stereocenters. The molecular weight excluding hydrogens is 565 g/mol. The predicted molar refractivity (Wildman–Crippen MR) is 149 cm³/mol. The summed E-state index contributed by atoms with van der Waals surface area (Å²) in [6, 6.07) is 16.2. The van der Waals surface area contributed by atoms with Gasteiger partial charge in [-0.3, -0.25) is 19.9 Å². The molecule has 0 radical (unpaired) electrons. The van der Waals surface area contributed by atoms with Gasteiger partial charge in [0.05, 0.1) is 34.6 Å². The van der Waals surface area contributed by atoms with Crippen molar-refractivity contribution in [3.8, 4) is 33.8 Å². The molecule has 6 rings (SSSR count). The van der Waals surface area contributed by atoms with Gasteiger partial charge >= 0.3 is 0 Å². The highest BCUT2D eigenvalue weighted by Gasteiger charge is 2.16. The van der Waals surface area contributed by atoms with Crippen molar-refractivity contribution in [1.82, 2.24) is 30.1 Å². The van der Waals surface area contributed by atoms with E-state index in [2.05, 4.69) is 77.3 Å². The van der Waals surface area contributed by atoms with Gasteiger partial charge in [0.2, 0.25) is 5.91 Å². The van der Waals surface area contributed by atoms with Gasteiger partial charge in [-0.25, -0.2) is 4.98 Å². The van der Waals surface area contributed by atoms with Crippen LogP contribution in [-0.2, 0) is 4.79 Å². The zero-order chi connectivity index (χ0) is 24.6. The molecule has 0 atom stereocenters. The largest absolute Gasteiger partial charge is 0.335 e. The molecule has 3 N–H and O–H groups in total. The maximum atomic E-state index is 11.8. The SMILES string of the molecule is CCC(=O)Nc1cncc(-c2ccc3[nH]nc(-c4nc5c(-c6cccc(I)c6)cncc5[nH]4)c3c2)c1. The van der Waals surface area contributed by atoms with Crippen LogP contribution in [0, 0.1) is 3.57 Å². The Hall–Kier alpha value is -4.12. The average Bonchev–Trinajstić information content (AvgIpc) is 3.52. The predicted octanol–water partition coefficient (Wildman–Crippen LogP) is 6.18. The van der Waals surface area contributed by atoms with Gasteiger partial charge in [0, 0.05) is 38.9 Å². The number of carbonyl (C=O) groups is 1. The summed E-state index contributed by atoms with van der Waals surface area (Å²) >= 11 is 2.31. The van der Waals surface area contributed by atoms with Gasteiger partial charge in [-0.15, -0.1) is 0 Å². The lowest BCUT2D eigenvalue weighted by molar-refractivity contribution is -0.115. The van der Waals surface area contributed by atoms with Gasteiger partial charge in [-0.2, -0.15) is 5.10 Å². The molecule has 0 saturated carbocycles. The van der Waals surface area contributed by atoms with Crippen molar-refractivity contribution in [2.24, 2.45) is 0 Å². The maximum Gasteiger partial charge on any atom is 0.224 e. The zero-order valence-electron chi connectivity index (χ0n) is 19.2. The monoisotopic (exact) mass is 585 g/mol. The van der Waals surface area contributed by atoms with E-state index in [1.807, 2.05) is 37.4 Å². The van der Waals surface area contributed by atoms with E-state index in [0.29, 0.717) is 17.9 Å². The Kier molecular flexibility index (Phi) is 5.68. The minimum atomic E-state index is -0.0505. The average molecular weight is 585 g/mol. The van der Waals surface area contributed by atoms with Gasteiger partial charge in [0.15, 0.2) is 5.82 Å². The smallest absolute Gasteiger partial charge is 0.224 e. The Morgan fingerprint density at radius 2 is 1.83 bits per heavy atom. The van der Waals surface area contributed by atoms with Gasteiger partial charge < -0.3 is 10.3 Å². The molecule has 0 bridgehead atoms. The summed E-state index contributed by atoms with van der Waals surface area (Å²) in [5.41, 5.74) is 7.86. The van der Waals surface area contributed by atoms with Crippen molar-refractivity contribution in [3.05, 3.63) is 76.9 Å². The summed E-state index contributed by atoms with van der Waals surface area (Å²) in [5.74, 6) is 0.612. The number of benzene rings is 2. The second kappa shape index (κ2) is 9.15. The Bertz CT molecular complexity index is 1750. The number of nitrogens with zero attached hydrogens (tertiary/aromatic N) is 4. The van der Waals surface area contributed by atoms with Gasteiger partial charge in [-0.05, 0) is 64.0 Å². The molecule has 8 nitrogen and oxygen atoms in total. The van der Waals surface area contributed by atoms with Crippen LogP contribution in [0.1, 0.15) is 13.3 Å². The summed E-state index contributed by atoms with van der Waals surface area (Å²) in [6.45, 7) is 1.82. The molecule has 4 aromatic heterocycles. The molecule has 0 aliphatic rings. The van der Waals surface area contributed by atoms with Crippen LogP contribution in [0.15, 0.2) is 73.3 Å². The number of hydrogen-bond acceptors (Lipinski definition) is 5. The minimum Gasteiger partial charge on any atom is -0.335 e. The fourth-order valence-electron chi connectivity index (χ4n) is 4.20. The first-order valence-corrected chi connectivity index (χ1v) is 12.5. The number of pyridine rings is 2. The molecule has 176 valence electrons.